The Kier molecular flexibility index (Phi) is 12.1. The van der Waals surface area contributed by atoms with Gasteiger partial charge >= 0.3 is 5.97 Å². The average molecular weight is 133 g/mol. The summed E-state index contributed by atoms with van der Waals surface area (Å²) in [5.41, 5.74) is 4.17. The molecule has 0 spiro atoms. The Hall–Kier alpha value is -1.06. The first kappa shape index (κ1) is 10.8. The maximum atomic E-state index is 9.82. The third-order valence-electron chi connectivity index (χ3n) is 0.348. The Morgan fingerprint density at radius 3 is 2.11 bits per heavy atom. The number of hydrogen-bond acceptors (Lipinski definition) is 3. The number of hydrogen-bond donors (Lipinski definition) is 1. The van der Waals surface area contributed by atoms with Gasteiger partial charge in [-0.05, 0) is 6.92 Å². The van der Waals surface area contributed by atoms with Crippen molar-refractivity contribution in [3.05, 3.63) is 0 Å². The van der Waals surface area contributed by atoms with E-state index in [0.717, 1.165) is 0 Å². The third kappa shape index (κ3) is 45.0. The van der Waals surface area contributed by atoms with Crippen LogP contribution in [-0.4, -0.2) is 19.0 Å². The van der Waals surface area contributed by atoms with Crippen molar-refractivity contribution in [3.8, 4) is 0 Å². The Balaban J connectivity index is 0. The van der Waals surface area contributed by atoms with E-state index in [2.05, 4.69) is 10.5 Å². The maximum Gasteiger partial charge on any atom is 0.302 e. The van der Waals surface area contributed by atoms with Crippen molar-refractivity contribution >= 4 is 12.4 Å². The number of primary amides is 1. The molecule has 0 aliphatic rings. The summed E-state index contributed by atoms with van der Waals surface area (Å²) in [4.78, 5) is 18.4. The van der Waals surface area contributed by atoms with Gasteiger partial charge in [0.15, 0.2) is 0 Å². The summed E-state index contributed by atoms with van der Waals surface area (Å²) in [6.07, 6.45) is 0.250. The third-order valence-corrected chi connectivity index (χ3v) is 0.348. The second kappa shape index (κ2) is 10.0. The molecular weight excluding hydrogens is 122 g/mol. The van der Waals surface area contributed by atoms with E-state index in [-0.39, 0.29) is 12.4 Å². The lowest BCUT2D eigenvalue weighted by Gasteiger charge is -1.89. The summed E-state index contributed by atoms with van der Waals surface area (Å²) in [6, 6.07) is 0. The first-order chi connectivity index (χ1) is 4.18. The summed E-state index contributed by atoms with van der Waals surface area (Å²) >= 11 is 0. The highest BCUT2D eigenvalue weighted by atomic mass is 16.5. The van der Waals surface area contributed by atoms with Gasteiger partial charge in [0.25, 0.3) is 0 Å². The summed E-state index contributed by atoms with van der Waals surface area (Å²) < 4.78 is 4.40. The SMILES string of the molecule is CCOC(C)=O.NC=O. The molecule has 0 aliphatic carbocycles. The maximum absolute atomic E-state index is 9.82. The molecule has 0 bridgehead atoms. The van der Waals surface area contributed by atoms with Gasteiger partial charge < -0.3 is 10.5 Å². The van der Waals surface area contributed by atoms with Crippen LogP contribution < -0.4 is 5.73 Å². The summed E-state index contributed by atoms with van der Waals surface area (Å²) in [5, 5.41) is 0. The fourth-order valence-corrected chi connectivity index (χ4v) is 0.203. The highest BCUT2D eigenvalue weighted by Gasteiger charge is 1.81. The van der Waals surface area contributed by atoms with Crippen LogP contribution >= 0.6 is 0 Å². The fourth-order valence-electron chi connectivity index (χ4n) is 0.203. The van der Waals surface area contributed by atoms with Crippen molar-refractivity contribution in [2.45, 2.75) is 13.8 Å². The minimum absolute atomic E-state index is 0.211. The van der Waals surface area contributed by atoms with E-state index in [0.29, 0.717) is 6.61 Å². The van der Waals surface area contributed by atoms with Gasteiger partial charge in [-0.15, -0.1) is 0 Å². The Morgan fingerprint density at radius 2 is 2.11 bits per heavy atom. The summed E-state index contributed by atoms with van der Waals surface area (Å²) in [5.74, 6) is -0.211. The van der Waals surface area contributed by atoms with Crippen molar-refractivity contribution in [2.75, 3.05) is 6.61 Å². The molecule has 0 heterocycles. The largest absolute Gasteiger partial charge is 0.466 e. The topological polar surface area (TPSA) is 69.4 Å². The molecule has 0 aliphatic heterocycles. The Labute approximate surface area is 54.0 Å². The first-order valence-corrected chi connectivity index (χ1v) is 2.47. The minimum Gasteiger partial charge on any atom is -0.466 e. The zero-order chi connectivity index (χ0) is 7.70. The lowest BCUT2D eigenvalue weighted by molar-refractivity contribution is -0.140. The van der Waals surface area contributed by atoms with E-state index in [4.69, 9.17) is 4.79 Å². The molecule has 0 saturated heterocycles. The molecule has 0 fully saturated rings. The molecule has 0 aromatic rings. The van der Waals surface area contributed by atoms with Gasteiger partial charge in [-0.1, -0.05) is 0 Å². The van der Waals surface area contributed by atoms with Crippen LogP contribution in [0.25, 0.3) is 0 Å². The zero-order valence-corrected chi connectivity index (χ0v) is 5.59. The number of rotatable bonds is 1. The molecule has 0 radical (unpaired) electrons. The second-order valence-electron chi connectivity index (χ2n) is 1.06. The molecular formula is C5H11NO3. The number of carbonyl (C=O) groups is 2. The van der Waals surface area contributed by atoms with Crippen LogP contribution in [0, 0.1) is 0 Å². The van der Waals surface area contributed by atoms with Crippen molar-refractivity contribution in [1.29, 1.82) is 0 Å². The Bertz CT molecular complexity index is 82.3. The lowest BCUT2D eigenvalue weighted by atomic mass is 10.8. The quantitative estimate of drug-likeness (QED) is 0.393. The average Bonchev–Trinajstić information content (AvgIpc) is 1.67. The zero-order valence-electron chi connectivity index (χ0n) is 5.59. The molecule has 0 aromatic carbocycles. The molecule has 0 aromatic heterocycles. The molecule has 4 nitrogen and oxygen atoms in total. The van der Waals surface area contributed by atoms with E-state index in [1.54, 1.807) is 6.92 Å². The van der Waals surface area contributed by atoms with E-state index >= 15 is 0 Å². The van der Waals surface area contributed by atoms with Crippen LogP contribution in [0.5, 0.6) is 0 Å². The van der Waals surface area contributed by atoms with Crippen LogP contribution in [0.4, 0.5) is 0 Å². The van der Waals surface area contributed by atoms with Crippen LogP contribution in [-0.2, 0) is 14.3 Å². The van der Waals surface area contributed by atoms with Gasteiger partial charge in [-0.2, -0.15) is 0 Å². The van der Waals surface area contributed by atoms with Gasteiger partial charge in [0.2, 0.25) is 6.41 Å². The lowest BCUT2D eigenvalue weighted by Crippen LogP contribution is -1.95. The highest BCUT2D eigenvalue weighted by molar-refractivity contribution is 5.65. The first-order valence-electron chi connectivity index (χ1n) is 2.47. The fraction of sp³-hybridized carbons (Fsp3) is 0.600. The van der Waals surface area contributed by atoms with Gasteiger partial charge in [-0.25, -0.2) is 0 Å². The molecule has 0 rings (SSSR count). The molecule has 0 unspecified atom stereocenters. The standard InChI is InChI=1S/C4H8O2.CH3NO/c1-3-6-4(2)5;2-1-3/h3H2,1-2H3;1H,(H2,2,3). The minimum atomic E-state index is -0.211. The number of amides is 1. The summed E-state index contributed by atoms with van der Waals surface area (Å²) in [7, 11) is 0. The summed E-state index contributed by atoms with van der Waals surface area (Å²) in [6.45, 7) is 3.65. The van der Waals surface area contributed by atoms with Crippen LogP contribution in [0.1, 0.15) is 13.8 Å². The smallest absolute Gasteiger partial charge is 0.302 e. The second-order valence-corrected chi connectivity index (χ2v) is 1.06. The predicted octanol–water partition coefficient (Wildman–Crippen LogP) is -0.329. The van der Waals surface area contributed by atoms with E-state index in [9.17, 15) is 4.79 Å². The molecule has 4 heteroatoms. The number of carbonyl (C=O) groups excluding carboxylic acids is 2. The molecule has 2 N–H and O–H groups in total. The molecule has 54 valence electrons. The van der Waals surface area contributed by atoms with Crippen LogP contribution in [0.3, 0.4) is 0 Å². The van der Waals surface area contributed by atoms with E-state index in [1.807, 2.05) is 0 Å². The van der Waals surface area contributed by atoms with Crippen molar-refractivity contribution in [1.82, 2.24) is 0 Å². The molecule has 9 heavy (non-hydrogen) atoms. The number of nitrogens with two attached hydrogens (primary N) is 1. The van der Waals surface area contributed by atoms with Crippen LogP contribution in [0.15, 0.2) is 0 Å². The van der Waals surface area contributed by atoms with E-state index < -0.39 is 0 Å². The van der Waals surface area contributed by atoms with E-state index in [1.165, 1.54) is 6.92 Å². The molecule has 1 amide bonds. The van der Waals surface area contributed by atoms with Gasteiger partial charge in [-0.3, -0.25) is 9.59 Å². The normalized spacial score (nSPS) is 6.44. The monoisotopic (exact) mass is 133 g/mol. The highest BCUT2D eigenvalue weighted by Crippen LogP contribution is 1.69. The van der Waals surface area contributed by atoms with Gasteiger partial charge in [0, 0.05) is 6.92 Å². The van der Waals surface area contributed by atoms with Crippen molar-refractivity contribution < 1.29 is 14.3 Å². The molecule has 0 saturated carbocycles. The number of esters is 1. The number of ether oxygens (including phenoxy) is 1. The van der Waals surface area contributed by atoms with Gasteiger partial charge in [0.1, 0.15) is 0 Å². The predicted molar refractivity (Wildman–Crippen MR) is 32.6 cm³/mol. The van der Waals surface area contributed by atoms with Gasteiger partial charge in [0.05, 0.1) is 6.61 Å². The molecule has 0 atom stereocenters. The van der Waals surface area contributed by atoms with Crippen molar-refractivity contribution in [2.24, 2.45) is 5.73 Å². The van der Waals surface area contributed by atoms with Crippen molar-refractivity contribution in [3.63, 3.8) is 0 Å². The van der Waals surface area contributed by atoms with Crippen LogP contribution in [0.2, 0.25) is 0 Å². The Morgan fingerprint density at radius 1 is 1.78 bits per heavy atom.